The first-order valence-electron chi connectivity index (χ1n) is 4.26. The fourth-order valence-electron chi connectivity index (χ4n) is 1.05. The minimum Gasteiger partial charge on any atom is -0.419 e. The first kappa shape index (κ1) is 10.4. The molecular weight excluding hydrogens is 237 g/mol. The van der Waals surface area contributed by atoms with Gasteiger partial charge in [0.15, 0.2) is 0 Å². The quantitative estimate of drug-likeness (QED) is 0.761. The van der Waals surface area contributed by atoms with Crippen molar-refractivity contribution in [3.05, 3.63) is 29.4 Å². The molecule has 0 N–H and O–H groups in total. The van der Waals surface area contributed by atoms with Gasteiger partial charge in [-0.25, -0.2) is 0 Å². The molecule has 0 bridgehead atoms. The van der Waals surface area contributed by atoms with Gasteiger partial charge < -0.3 is 4.42 Å². The van der Waals surface area contributed by atoms with Gasteiger partial charge in [-0.1, -0.05) is 11.6 Å². The molecule has 0 amide bonds. The van der Waals surface area contributed by atoms with Crippen molar-refractivity contribution in [3.8, 4) is 11.5 Å². The maximum atomic E-state index is 5.92. The Balaban J connectivity index is 2.42. The van der Waals surface area contributed by atoms with Crippen molar-refractivity contribution in [1.82, 2.24) is 15.2 Å². The van der Waals surface area contributed by atoms with Crippen LogP contribution in [0.5, 0.6) is 0 Å². The van der Waals surface area contributed by atoms with E-state index in [1.807, 2.05) is 0 Å². The lowest BCUT2D eigenvalue weighted by Gasteiger charge is -1.96. The number of alkyl halides is 1. The van der Waals surface area contributed by atoms with Gasteiger partial charge in [0.05, 0.1) is 10.6 Å². The molecule has 6 heteroatoms. The van der Waals surface area contributed by atoms with Crippen LogP contribution in [0.15, 0.2) is 22.9 Å². The summed E-state index contributed by atoms with van der Waals surface area (Å²) in [5.74, 6) is 0.726. The average Bonchev–Trinajstić information content (AvgIpc) is 2.67. The van der Waals surface area contributed by atoms with Gasteiger partial charge in [-0.3, -0.25) is 4.98 Å². The number of aromatic nitrogens is 3. The van der Waals surface area contributed by atoms with E-state index in [-0.39, 0.29) is 5.38 Å². The molecule has 0 saturated heterocycles. The van der Waals surface area contributed by atoms with Crippen LogP contribution in [-0.4, -0.2) is 15.2 Å². The predicted octanol–water partition coefficient (Wildman–Crippen LogP) is 3.08. The van der Waals surface area contributed by atoms with Crippen LogP contribution in [0.25, 0.3) is 11.5 Å². The topological polar surface area (TPSA) is 51.8 Å². The van der Waals surface area contributed by atoms with E-state index in [2.05, 4.69) is 15.2 Å². The summed E-state index contributed by atoms with van der Waals surface area (Å²) < 4.78 is 5.35. The lowest BCUT2D eigenvalue weighted by Crippen LogP contribution is -1.82. The second kappa shape index (κ2) is 4.16. The Hall–Kier alpha value is -1.13. The van der Waals surface area contributed by atoms with Gasteiger partial charge in [-0.15, -0.1) is 21.8 Å². The van der Waals surface area contributed by atoms with Crippen molar-refractivity contribution in [2.75, 3.05) is 0 Å². The molecule has 0 aromatic carbocycles. The Labute approximate surface area is 96.2 Å². The Morgan fingerprint density at radius 3 is 2.80 bits per heavy atom. The lowest BCUT2D eigenvalue weighted by molar-refractivity contribution is 0.507. The summed E-state index contributed by atoms with van der Waals surface area (Å²) in [4.78, 5) is 3.86. The fraction of sp³-hybridized carbons (Fsp3) is 0.222. The Morgan fingerprint density at radius 2 is 2.20 bits per heavy atom. The number of nitrogens with zero attached hydrogens (tertiary/aromatic N) is 3. The van der Waals surface area contributed by atoms with E-state index in [1.165, 1.54) is 6.20 Å². The van der Waals surface area contributed by atoms with Crippen LogP contribution >= 0.6 is 23.2 Å². The van der Waals surface area contributed by atoms with Crippen molar-refractivity contribution >= 4 is 23.2 Å². The first-order chi connectivity index (χ1) is 7.18. The third-order valence-electron chi connectivity index (χ3n) is 1.78. The highest BCUT2D eigenvalue weighted by Gasteiger charge is 2.14. The Kier molecular flexibility index (Phi) is 2.88. The van der Waals surface area contributed by atoms with Gasteiger partial charge in [-0.05, 0) is 13.0 Å². The molecule has 2 aromatic rings. The zero-order chi connectivity index (χ0) is 10.8. The second-order valence-electron chi connectivity index (χ2n) is 2.92. The summed E-state index contributed by atoms with van der Waals surface area (Å²) in [5, 5.41) is 7.82. The molecule has 4 nitrogen and oxygen atoms in total. The zero-order valence-electron chi connectivity index (χ0n) is 7.82. The van der Waals surface area contributed by atoms with Gasteiger partial charge in [0.1, 0.15) is 5.38 Å². The van der Waals surface area contributed by atoms with Crippen molar-refractivity contribution < 1.29 is 4.42 Å². The molecule has 2 aromatic heterocycles. The van der Waals surface area contributed by atoms with E-state index in [9.17, 15) is 0 Å². The third-order valence-corrected chi connectivity index (χ3v) is 2.27. The predicted molar refractivity (Wildman–Crippen MR) is 56.8 cm³/mol. The summed E-state index contributed by atoms with van der Waals surface area (Å²) in [7, 11) is 0. The van der Waals surface area contributed by atoms with Crippen LogP contribution in [0.3, 0.4) is 0 Å². The highest BCUT2D eigenvalue weighted by Crippen LogP contribution is 2.27. The molecule has 78 valence electrons. The summed E-state index contributed by atoms with van der Waals surface area (Å²) in [6, 6.07) is 1.71. The highest BCUT2D eigenvalue weighted by molar-refractivity contribution is 6.32. The van der Waals surface area contributed by atoms with Crippen LogP contribution in [0.4, 0.5) is 0 Å². The highest BCUT2D eigenvalue weighted by atomic mass is 35.5. The van der Waals surface area contributed by atoms with E-state index in [1.54, 1.807) is 19.2 Å². The molecule has 0 spiro atoms. The number of rotatable bonds is 2. The minimum absolute atomic E-state index is 0.313. The number of halogens is 2. The molecule has 0 radical (unpaired) electrons. The second-order valence-corrected chi connectivity index (χ2v) is 3.98. The maximum absolute atomic E-state index is 5.92. The van der Waals surface area contributed by atoms with Crippen molar-refractivity contribution in [3.63, 3.8) is 0 Å². The first-order valence-corrected chi connectivity index (χ1v) is 5.07. The fourth-order valence-corrected chi connectivity index (χ4v) is 1.34. The summed E-state index contributed by atoms with van der Waals surface area (Å²) >= 11 is 11.7. The normalized spacial score (nSPS) is 12.7. The molecular formula is C9H7Cl2N3O. The number of hydrogen-bond donors (Lipinski definition) is 0. The molecule has 0 aliphatic carbocycles. The smallest absolute Gasteiger partial charge is 0.249 e. The van der Waals surface area contributed by atoms with Gasteiger partial charge in [0.2, 0.25) is 11.8 Å². The van der Waals surface area contributed by atoms with Gasteiger partial charge in [0.25, 0.3) is 0 Å². The Morgan fingerprint density at radius 1 is 1.40 bits per heavy atom. The minimum atomic E-state index is -0.313. The monoisotopic (exact) mass is 243 g/mol. The van der Waals surface area contributed by atoms with Gasteiger partial charge in [-0.2, -0.15) is 0 Å². The van der Waals surface area contributed by atoms with Gasteiger partial charge in [0, 0.05) is 12.4 Å². The van der Waals surface area contributed by atoms with Crippen molar-refractivity contribution in [2.24, 2.45) is 0 Å². The maximum Gasteiger partial charge on any atom is 0.249 e. The zero-order valence-corrected chi connectivity index (χ0v) is 9.33. The summed E-state index contributed by atoms with van der Waals surface area (Å²) in [6.07, 6.45) is 3.13. The molecule has 0 aliphatic rings. The molecule has 0 fully saturated rings. The molecule has 2 rings (SSSR count). The Bertz CT molecular complexity index is 470. The van der Waals surface area contributed by atoms with E-state index in [0.717, 1.165) is 0 Å². The molecule has 2 heterocycles. The molecule has 0 aliphatic heterocycles. The van der Waals surface area contributed by atoms with Gasteiger partial charge >= 0.3 is 0 Å². The average molecular weight is 244 g/mol. The number of hydrogen-bond acceptors (Lipinski definition) is 4. The van der Waals surface area contributed by atoms with Crippen LogP contribution in [0.2, 0.25) is 5.02 Å². The van der Waals surface area contributed by atoms with E-state index in [0.29, 0.717) is 22.4 Å². The largest absolute Gasteiger partial charge is 0.419 e. The van der Waals surface area contributed by atoms with E-state index < -0.39 is 0 Å². The molecule has 1 atom stereocenters. The van der Waals surface area contributed by atoms with E-state index in [4.69, 9.17) is 27.6 Å². The third kappa shape index (κ3) is 2.11. The standard InChI is InChI=1S/C9H7Cl2N3O/c1-5(10)8-13-14-9(15-8)6-2-3-12-4-7(6)11/h2-5H,1H3. The van der Waals surface area contributed by atoms with Crippen molar-refractivity contribution in [1.29, 1.82) is 0 Å². The summed E-state index contributed by atoms with van der Waals surface area (Å²) in [5.41, 5.74) is 0.655. The van der Waals surface area contributed by atoms with Crippen LogP contribution in [-0.2, 0) is 0 Å². The van der Waals surface area contributed by atoms with Crippen LogP contribution < -0.4 is 0 Å². The van der Waals surface area contributed by atoms with Crippen molar-refractivity contribution in [2.45, 2.75) is 12.3 Å². The molecule has 0 saturated carbocycles. The number of pyridine rings is 1. The van der Waals surface area contributed by atoms with Crippen LogP contribution in [0, 0.1) is 0 Å². The lowest BCUT2D eigenvalue weighted by atomic mass is 10.3. The molecule has 15 heavy (non-hydrogen) atoms. The van der Waals surface area contributed by atoms with E-state index >= 15 is 0 Å². The van der Waals surface area contributed by atoms with Crippen LogP contribution in [0.1, 0.15) is 18.2 Å². The summed E-state index contributed by atoms with van der Waals surface area (Å²) in [6.45, 7) is 1.76. The molecule has 1 unspecified atom stereocenters. The SMILES string of the molecule is CC(Cl)c1nnc(-c2ccncc2Cl)o1.